The minimum Gasteiger partial charge on any atom is -0.442 e. The molecule has 0 spiro atoms. The highest BCUT2D eigenvalue weighted by atomic mass is 16.6. The SMILES string of the molecule is CCCn1c(CC)nc2c(N)nc3cc(N4CC(CNC(C)=O)OC4=O)cnc3c21. The molecule has 10 nitrogen and oxygen atoms in total. The molecule has 0 saturated carbocycles. The first kappa shape index (κ1) is 19.9. The van der Waals surface area contributed by atoms with E-state index in [9.17, 15) is 9.59 Å². The number of carbonyl (C=O) groups excluding carboxylic acids is 2. The third kappa shape index (κ3) is 3.38. The molecule has 4 heterocycles. The van der Waals surface area contributed by atoms with Gasteiger partial charge in [-0.05, 0) is 12.5 Å². The Bertz CT molecular complexity index is 1140. The van der Waals surface area contributed by atoms with E-state index in [1.807, 2.05) is 0 Å². The molecule has 10 heteroatoms. The Balaban J connectivity index is 1.74. The van der Waals surface area contributed by atoms with Crippen LogP contribution in [0.3, 0.4) is 0 Å². The van der Waals surface area contributed by atoms with E-state index in [2.05, 4.69) is 38.7 Å². The van der Waals surface area contributed by atoms with Crippen LogP contribution in [0.1, 0.15) is 33.0 Å². The third-order valence-corrected chi connectivity index (χ3v) is 5.14. The number of rotatable bonds is 6. The molecule has 0 bridgehead atoms. The van der Waals surface area contributed by atoms with Gasteiger partial charge in [0, 0.05) is 19.9 Å². The van der Waals surface area contributed by atoms with Gasteiger partial charge in [0.05, 0.1) is 30.5 Å². The minimum atomic E-state index is -0.482. The number of hydrogen-bond acceptors (Lipinski definition) is 7. The molecule has 0 aromatic carbocycles. The van der Waals surface area contributed by atoms with Gasteiger partial charge >= 0.3 is 6.09 Å². The summed E-state index contributed by atoms with van der Waals surface area (Å²) in [6.07, 6.45) is 2.47. The first-order valence-electron chi connectivity index (χ1n) is 10.1. The summed E-state index contributed by atoms with van der Waals surface area (Å²) in [6.45, 7) is 6.98. The van der Waals surface area contributed by atoms with Crippen LogP contribution in [0.4, 0.5) is 16.3 Å². The molecule has 1 unspecified atom stereocenters. The fourth-order valence-electron chi connectivity index (χ4n) is 3.79. The maximum Gasteiger partial charge on any atom is 0.414 e. The lowest BCUT2D eigenvalue weighted by atomic mass is 10.2. The average Bonchev–Trinajstić information content (AvgIpc) is 3.27. The number of imidazole rings is 1. The third-order valence-electron chi connectivity index (χ3n) is 5.14. The van der Waals surface area contributed by atoms with Crippen molar-refractivity contribution in [2.75, 3.05) is 23.7 Å². The number of cyclic esters (lactones) is 1. The van der Waals surface area contributed by atoms with Gasteiger partial charge in [-0.2, -0.15) is 0 Å². The van der Waals surface area contributed by atoms with Crippen molar-refractivity contribution >= 4 is 45.6 Å². The molecule has 1 saturated heterocycles. The van der Waals surface area contributed by atoms with E-state index < -0.39 is 12.2 Å². The van der Waals surface area contributed by atoms with Crippen LogP contribution in [-0.4, -0.2) is 50.7 Å². The number of ether oxygens (including phenoxy) is 1. The molecule has 4 rings (SSSR count). The van der Waals surface area contributed by atoms with Crippen LogP contribution >= 0.6 is 0 Å². The number of nitrogens with one attached hydrogen (secondary N) is 1. The minimum absolute atomic E-state index is 0.171. The fraction of sp³-hybridized carbons (Fsp3) is 0.450. The number of amides is 2. The molecule has 1 atom stereocenters. The highest BCUT2D eigenvalue weighted by Crippen LogP contribution is 2.31. The number of nitrogen functional groups attached to an aromatic ring is 1. The van der Waals surface area contributed by atoms with Crippen molar-refractivity contribution in [2.45, 2.75) is 46.3 Å². The van der Waals surface area contributed by atoms with Crippen molar-refractivity contribution in [2.24, 2.45) is 0 Å². The van der Waals surface area contributed by atoms with Crippen LogP contribution in [0.15, 0.2) is 12.3 Å². The monoisotopic (exact) mass is 411 g/mol. The Morgan fingerprint density at radius 3 is 2.83 bits per heavy atom. The van der Waals surface area contributed by atoms with Crippen LogP contribution < -0.4 is 16.0 Å². The van der Waals surface area contributed by atoms with Crippen LogP contribution in [0.25, 0.3) is 22.1 Å². The Labute approximate surface area is 173 Å². The molecule has 2 amide bonds. The molecule has 1 aliphatic heterocycles. The largest absolute Gasteiger partial charge is 0.442 e. The van der Waals surface area contributed by atoms with E-state index in [1.165, 1.54) is 11.8 Å². The van der Waals surface area contributed by atoms with Crippen molar-refractivity contribution in [1.82, 2.24) is 24.8 Å². The number of hydrogen-bond donors (Lipinski definition) is 2. The second kappa shape index (κ2) is 7.77. The van der Waals surface area contributed by atoms with E-state index >= 15 is 0 Å². The first-order chi connectivity index (χ1) is 14.4. The van der Waals surface area contributed by atoms with Crippen LogP contribution in [0.2, 0.25) is 0 Å². The second-order valence-electron chi connectivity index (χ2n) is 7.34. The Hall–Kier alpha value is -3.43. The fourth-order valence-corrected chi connectivity index (χ4v) is 3.79. The maximum absolute atomic E-state index is 12.3. The predicted octanol–water partition coefficient (Wildman–Crippen LogP) is 2.00. The van der Waals surface area contributed by atoms with Gasteiger partial charge in [-0.25, -0.2) is 14.8 Å². The van der Waals surface area contributed by atoms with Gasteiger partial charge in [-0.15, -0.1) is 0 Å². The highest BCUT2D eigenvalue weighted by molar-refractivity contribution is 6.05. The van der Waals surface area contributed by atoms with Gasteiger partial charge in [0.15, 0.2) is 5.82 Å². The molecular formula is C20H25N7O3. The molecule has 3 aromatic rings. The van der Waals surface area contributed by atoms with Gasteiger partial charge in [0.1, 0.15) is 28.5 Å². The molecule has 0 aliphatic carbocycles. The van der Waals surface area contributed by atoms with Crippen LogP contribution in [0.5, 0.6) is 0 Å². The van der Waals surface area contributed by atoms with Gasteiger partial charge in [-0.1, -0.05) is 13.8 Å². The average molecular weight is 411 g/mol. The van der Waals surface area contributed by atoms with Crippen molar-refractivity contribution in [1.29, 1.82) is 0 Å². The number of carbonyl (C=O) groups is 2. The van der Waals surface area contributed by atoms with Crippen molar-refractivity contribution in [3.63, 3.8) is 0 Å². The van der Waals surface area contributed by atoms with Gasteiger partial charge in [-0.3, -0.25) is 14.7 Å². The van der Waals surface area contributed by atoms with Crippen molar-refractivity contribution < 1.29 is 14.3 Å². The maximum atomic E-state index is 12.3. The Morgan fingerprint density at radius 2 is 2.13 bits per heavy atom. The standard InChI is InChI=1S/C20H25N7O3/c1-4-6-26-15(5-2)25-17-18(26)16-14(24-19(17)21)7-12(8-23-16)27-10-13(30-20(27)29)9-22-11(3)28/h7-8,13H,4-6,9-10H2,1-3H3,(H2,21,24)(H,22,28). The van der Waals surface area contributed by atoms with E-state index in [4.69, 9.17) is 10.5 Å². The number of aryl methyl sites for hydroxylation is 2. The summed E-state index contributed by atoms with van der Waals surface area (Å²) in [4.78, 5) is 38.7. The molecule has 158 valence electrons. The van der Waals surface area contributed by atoms with E-state index in [-0.39, 0.29) is 12.5 Å². The smallest absolute Gasteiger partial charge is 0.414 e. The number of pyridine rings is 2. The lowest BCUT2D eigenvalue weighted by Crippen LogP contribution is -2.33. The molecule has 1 fully saturated rings. The van der Waals surface area contributed by atoms with Gasteiger partial charge in [0.25, 0.3) is 0 Å². The Kier molecular flexibility index (Phi) is 5.15. The molecule has 0 radical (unpaired) electrons. The summed E-state index contributed by atoms with van der Waals surface area (Å²) in [5, 5.41) is 2.67. The molecule has 1 aliphatic rings. The summed E-state index contributed by atoms with van der Waals surface area (Å²) in [7, 11) is 0. The van der Waals surface area contributed by atoms with E-state index in [1.54, 1.807) is 12.3 Å². The van der Waals surface area contributed by atoms with Gasteiger partial charge < -0.3 is 20.4 Å². The zero-order chi connectivity index (χ0) is 21.4. The zero-order valence-corrected chi connectivity index (χ0v) is 17.3. The summed E-state index contributed by atoms with van der Waals surface area (Å²) >= 11 is 0. The lowest BCUT2D eigenvalue weighted by molar-refractivity contribution is -0.119. The summed E-state index contributed by atoms with van der Waals surface area (Å²) in [6, 6.07) is 1.79. The Morgan fingerprint density at radius 1 is 1.33 bits per heavy atom. The molecular weight excluding hydrogens is 386 g/mol. The van der Waals surface area contributed by atoms with Crippen LogP contribution in [-0.2, 0) is 22.5 Å². The highest BCUT2D eigenvalue weighted by Gasteiger charge is 2.33. The molecule has 3 N–H and O–H groups in total. The van der Waals surface area contributed by atoms with Gasteiger partial charge in [0.2, 0.25) is 5.91 Å². The quantitative estimate of drug-likeness (QED) is 0.635. The second-order valence-corrected chi connectivity index (χ2v) is 7.34. The molecule has 30 heavy (non-hydrogen) atoms. The first-order valence-corrected chi connectivity index (χ1v) is 10.1. The number of nitrogens with zero attached hydrogens (tertiary/aromatic N) is 5. The predicted molar refractivity (Wildman–Crippen MR) is 113 cm³/mol. The van der Waals surface area contributed by atoms with Crippen LogP contribution in [0, 0.1) is 0 Å². The number of fused-ring (bicyclic) bond motifs is 3. The topological polar surface area (TPSA) is 128 Å². The summed E-state index contributed by atoms with van der Waals surface area (Å²) < 4.78 is 7.49. The number of nitrogens with two attached hydrogens (primary N) is 1. The van der Waals surface area contributed by atoms with E-state index in [0.717, 1.165) is 30.7 Å². The van der Waals surface area contributed by atoms with Crippen molar-refractivity contribution in [3.05, 3.63) is 18.1 Å². The number of anilines is 2. The lowest BCUT2D eigenvalue weighted by Gasteiger charge is -2.14. The summed E-state index contributed by atoms with van der Waals surface area (Å²) in [5.74, 6) is 1.12. The zero-order valence-electron chi connectivity index (χ0n) is 17.3. The number of aromatic nitrogens is 4. The van der Waals surface area contributed by atoms with E-state index in [0.29, 0.717) is 34.6 Å². The normalized spacial score (nSPS) is 16.4. The molecule has 3 aromatic heterocycles. The van der Waals surface area contributed by atoms with Crippen molar-refractivity contribution in [3.8, 4) is 0 Å². The summed E-state index contributed by atoms with van der Waals surface area (Å²) in [5.41, 5.74) is 9.61.